The quantitative estimate of drug-likeness (QED) is 0.155. The summed E-state index contributed by atoms with van der Waals surface area (Å²) in [5.41, 5.74) is 10.0. The molecule has 0 bridgehead atoms. The minimum Gasteiger partial charge on any atom is -0.301 e. The second-order valence-corrected chi connectivity index (χ2v) is 13.4. The fraction of sp³-hybridized carbons (Fsp3) is 0.238. The van der Waals surface area contributed by atoms with Gasteiger partial charge in [-0.05, 0) is 59.6 Å². The highest BCUT2D eigenvalue weighted by Crippen LogP contribution is 2.26. The van der Waals surface area contributed by atoms with Gasteiger partial charge in [0.05, 0.1) is 17.9 Å². The van der Waals surface area contributed by atoms with E-state index in [0.29, 0.717) is 12.1 Å². The van der Waals surface area contributed by atoms with E-state index < -0.39 is 6.15 Å². The molecule has 0 radical (unpaired) electrons. The van der Waals surface area contributed by atoms with E-state index in [-0.39, 0.29) is 6.29 Å². The fourth-order valence-corrected chi connectivity index (χ4v) is 7.15. The Hall–Kier alpha value is -4.74. The zero-order chi connectivity index (χ0) is 33.4. The van der Waals surface area contributed by atoms with E-state index in [1.165, 1.54) is 43.4 Å². The lowest BCUT2D eigenvalue weighted by Gasteiger charge is -2.44. The van der Waals surface area contributed by atoms with Crippen LogP contribution in [0.3, 0.4) is 0 Å². The number of aryl methyl sites for hydroxylation is 3. The molecule has 4 nitrogen and oxygen atoms in total. The summed E-state index contributed by atoms with van der Waals surface area (Å²) in [5.74, 6) is 0. The molecule has 1 heterocycles. The fourth-order valence-electron chi connectivity index (χ4n) is 7.15. The summed E-state index contributed by atoms with van der Waals surface area (Å²) in [4.78, 5) is 3.61. The molecule has 1 N–H and O–H groups in total. The maximum absolute atomic E-state index is 4.70. The average molecular weight is 621 g/mol. The molecule has 0 saturated heterocycles. The molecule has 6 rings (SSSR count). The molecule has 0 aromatic heterocycles. The lowest BCUT2D eigenvalue weighted by molar-refractivity contribution is -0.899. The van der Waals surface area contributed by atoms with Gasteiger partial charge in [0, 0.05) is 6.04 Å². The van der Waals surface area contributed by atoms with Crippen LogP contribution in [-0.2, 0) is 0 Å². The first kappa shape index (κ1) is 33.6. The third kappa shape index (κ3) is 7.31. The predicted molar refractivity (Wildman–Crippen MR) is 201 cm³/mol. The van der Waals surface area contributed by atoms with Crippen LogP contribution in [-0.4, -0.2) is 29.4 Å². The minimum atomic E-state index is -1.22. The van der Waals surface area contributed by atoms with E-state index in [2.05, 4.69) is 204 Å². The number of benzene rings is 5. The maximum Gasteiger partial charge on any atom is 0.285 e. The molecule has 0 saturated carbocycles. The molecule has 2 atom stereocenters. The molecule has 0 fully saturated rings. The van der Waals surface area contributed by atoms with Gasteiger partial charge >= 0.3 is 0 Å². The summed E-state index contributed by atoms with van der Waals surface area (Å²) in [6.45, 7) is 15.1. The topological polar surface area (TPSA) is 32.4 Å². The largest absolute Gasteiger partial charge is 0.301 e. The number of hydrogen-bond donors (Lipinski definition) is 1. The summed E-state index contributed by atoms with van der Waals surface area (Å²) in [6, 6.07) is 48.8. The van der Waals surface area contributed by atoms with Crippen LogP contribution in [0.15, 0.2) is 156 Å². The smallest absolute Gasteiger partial charge is 0.285 e. The summed E-state index contributed by atoms with van der Waals surface area (Å²) in [6.07, 6.45) is 3.16. The average Bonchev–Trinajstić information content (AvgIpc) is 3.52. The Morgan fingerprint density at radius 2 is 0.979 bits per heavy atom. The molecule has 1 aliphatic rings. The molecule has 1 aliphatic heterocycles. The molecule has 2 unspecified atom stereocenters. The molecule has 47 heavy (non-hydrogen) atoms. The molecule has 5 aromatic rings. The van der Waals surface area contributed by atoms with Crippen molar-refractivity contribution in [1.29, 1.82) is 0 Å². The maximum atomic E-state index is 4.70. The van der Waals surface area contributed by atoms with Gasteiger partial charge in [-0.25, -0.2) is 0 Å². The first-order valence-electron chi connectivity index (χ1n) is 16.9. The Labute approximate surface area is 282 Å². The molecule has 240 valence electrons. The molecular formula is C42H49BN4. The van der Waals surface area contributed by atoms with E-state index in [1.807, 2.05) is 0 Å². The molecule has 5 aromatic carbocycles. The number of nitrogens with one attached hydrogen (secondary N) is 1. The number of hydrogen-bond acceptors (Lipinski definition) is 3. The van der Waals surface area contributed by atoms with E-state index in [9.17, 15) is 0 Å². The molecule has 0 spiro atoms. The van der Waals surface area contributed by atoms with Crippen LogP contribution in [0.1, 0.15) is 44.4 Å². The number of azo groups is 1. The van der Waals surface area contributed by atoms with Gasteiger partial charge in [0.25, 0.3) is 6.29 Å². The van der Waals surface area contributed by atoms with Gasteiger partial charge in [-0.15, -0.1) is 10.2 Å². The van der Waals surface area contributed by atoms with Gasteiger partial charge in [0.15, 0.2) is 0 Å². The number of quaternary nitrogens is 1. The molecular weight excluding hydrogens is 571 g/mol. The van der Waals surface area contributed by atoms with Crippen molar-refractivity contribution in [3.05, 3.63) is 163 Å². The normalized spacial score (nSPS) is 16.1. The molecule has 5 heteroatoms. The summed E-state index contributed by atoms with van der Waals surface area (Å²) in [7, 11) is 0. The Morgan fingerprint density at radius 1 is 0.596 bits per heavy atom. The van der Waals surface area contributed by atoms with Crippen LogP contribution >= 0.6 is 0 Å². The van der Waals surface area contributed by atoms with Gasteiger partial charge in [-0.1, -0.05) is 139 Å². The third-order valence-corrected chi connectivity index (χ3v) is 9.38. The van der Waals surface area contributed by atoms with Crippen molar-refractivity contribution in [2.75, 3.05) is 0 Å². The Morgan fingerprint density at radius 3 is 1.32 bits per heavy atom. The zero-order valence-electron chi connectivity index (χ0n) is 29.0. The van der Waals surface area contributed by atoms with E-state index >= 15 is 0 Å². The second-order valence-electron chi connectivity index (χ2n) is 13.4. The predicted octanol–water partition coefficient (Wildman–Crippen LogP) is 6.53. The van der Waals surface area contributed by atoms with Crippen molar-refractivity contribution in [1.82, 2.24) is 4.90 Å². The Kier molecular flexibility index (Phi) is 10.9. The molecule has 0 amide bonds. The van der Waals surface area contributed by atoms with Crippen molar-refractivity contribution < 1.29 is 4.90 Å². The highest BCUT2D eigenvalue weighted by Gasteiger charge is 2.35. The van der Waals surface area contributed by atoms with Gasteiger partial charge in [0.2, 0.25) is 0 Å². The van der Waals surface area contributed by atoms with Gasteiger partial charge in [-0.2, -0.15) is 21.9 Å². The lowest BCUT2D eigenvalue weighted by atomic mass is 9.13. The van der Waals surface area contributed by atoms with E-state index in [1.54, 1.807) is 0 Å². The standard InChI is InChI=1S/C24H20B.C18H28N4/c1-5-13-21(14-6-1)25(22-15-7-2-8-16-22,23-17-9-3-10-18-23)24-19-11-4-12-20-24;1-12(2)21-8-9-22(13(3)4)18(21)20-19-17-15(6)10-14(5)11-16(17)7/h1-20H;8-13,18H,1-7H3/q-1;/p+1. The minimum absolute atomic E-state index is 0.0279. The first-order valence-corrected chi connectivity index (χ1v) is 16.9. The first-order chi connectivity index (χ1) is 22.7. The SMILES string of the molecule is Cc1cc(C)c(N=NC2N(C(C)C)C=C[NH+]2C(C)C)c(C)c1.c1ccc([B-](c2ccccc2)(c2ccccc2)c2ccccc2)cc1. The van der Waals surface area contributed by atoms with Gasteiger partial charge in [0.1, 0.15) is 12.3 Å². The van der Waals surface area contributed by atoms with Crippen LogP contribution in [0.25, 0.3) is 0 Å². The van der Waals surface area contributed by atoms with Crippen LogP contribution in [0, 0.1) is 20.8 Å². The summed E-state index contributed by atoms with van der Waals surface area (Å²) >= 11 is 0. The number of rotatable bonds is 8. The van der Waals surface area contributed by atoms with Crippen molar-refractivity contribution in [2.45, 2.75) is 66.8 Å². The second kappa shape index (κ2) is 15.2. The molecule has 0 aliphatic carbocycles. The van der Waals surface area contributed by atoms with E-state index in [4.69, 9.17) is 5.11 Å². The van der Waals surface area contributed by atoms with E-state index in [0.717, 1.165) is 5.69 Å². The third-order valence-electron chi connectivity index (χ3n) is 9.38. The number of nitrogens with zero attached hydrogens (tertiary/aromatic N) is 3. The van der Waals surface area contributed by atoms with Crippen molar-refractivity contribution in [2.24, 2.45) is 10.2 Å². The van der Waals surface area contributed by atoms with Crippen LogP contribution in [0.2, 0.25) is 0 Å². The van der Waals surface area contributed by atoms with Crippen LogP contribution in [0.4, 0.5) is 5.69 Å². The Bertz CT molecular complexity index is 1560. The van der Waals surface area contributed by atoms with Gasteiger partial charge in [-0.3, -0.25) is 4.90 Å². The van der Waals surface area contributed by atoms with Crippen molar-refractivity contribution >= 4 is 33.7 Å². The highest BCUT2D eigenvalue weighted by atomic mass is 15.5. The summed E-state index contributed by atoms with van der Waals surface area (Å²) < 4.78 is 0. The van der Waals surface area contributed by atoms with Crippen molar-refractivity contribution in [3.8, 4) is 0 Å². The van der Waals surface area contributed by atoms with Gasteiger partial charge < -0.3 is 4.90 Å². The van der Waals surface area contributed by atoms with Crippen LogP contribution < -0.4 is 26.8 Å². The zero-order valence-corrected chi connectivity index (χ0v) is 29.0. The Balaban J connectivity index is 0.000000186. The monoisotopic (exact) mass is 620 g/mol. The van der Waals surface area contributed by atoms with Crippen molar-refractivity contribution in [3.63, 3.8) is 0 Å². The highest BCUT2D eigenvalue weighted by molar-refractivity contribution is 7.19. The lowest BCUT2D eigenvalue weighted by Crippen LogP contribution is -3.14. The summed E-state index contributed by atoms with van der Waals surface area (Å²) in [5, 5.41) is 9.32. The van der Waals surface area contributed by atoms with Crippen LogP contribution in [0.5, 0.6) is 0 Å².